The van der Waals surface area contributed by atoms with Gasteiger partial charge in [0.2, 0.25) is 15.9 Å². The molecule has 0 saturated heterocycles. The van der Waals surface area contributed by atoms with Gasteiger partial charge in [-0.1, -0.05) is 5.16 Å². The second-order valence-electron chi connectivity index (χ2n) is 6.68. The monoisotopic (exact) mass is 410 g/mol. The number of carbonyl (C=O) groups is 1. The second kappa shape index (κ2) is 8.72. The Kier molecular flexibility index (Phi) is 6.81. The summed E-state index contributed by atoms with van der Waals surface area (Å²) in [5.74, 6) is 0.660. The quantitative estimate of drug-likeness (QED) is 0.705. The Morgan fingerprint density at radius 3 is 2.46 bits per heavy atom. The van der Waals surface area contributed by atoms with Crippen molar-refractivity contribution < 1.29 is 22.5 Å². The van der Waals surface area contributed by atoms with Gasteiger partial charge in [0.1, 0.15) is 16.4 Å². The zero-order valence-electron chi connectivity index (χ0n) is 16.9. The van der Waals surface area contributed by atoms with Crippen LogP contribution in [0.1, 0.15) is 17.0 Å². The molecule has 0 atom stereocenters. The molecule has 0 spiro atoms. The first-order valence-electron chi connectivity index (χ1n) is 8.57. The van der Waals surface area contributed by atoms with Crippen molar-refractivity contribution in [2.45, 2.75) is 25.3 Å². The molecule has 10 heteroatoms. The first kappa shape index (κ1) is 21.9. The number of ether oxygens (including phenoxy) is 1. The average Bonchev–Trinajstić information content (AvgIpc) is 2.93. The third-order valence-corrected chi connectivity index (χ3v) is 6.07. The molecular formula is C18H26N4O5S. The summed E-state index contributed by atoms with van der Waals surface area (Å²) >= 11 is 0. The molecule has 0 aliphatic rings. The number of sulfonamides is 1. The van der Waals surface area contributed by atoms with Crippen molar-refractivity contribution in [1.82, 2.24) is 14.4 Å². The summed E-state index contributed by atoms with van der Waals surface area (Å²) in [6.45, 7) is 4.31. The van der Waals surface area contributed by atoms with Crippen LogP contribution >= 0.6 is 0 Å². The van der Waals surface area contributed by atoms with E-state index in [-0.39, 0.29) is 23.1 Å². The summed E-state index contributed by atoms with van der Waals surface area (Å²) < 4.78 is 36.3. The van der Waals surface area contributed by atoms with E-state index in [1.807, 2.05) is 18.7 Å². The lowest BCUT2D eigenvalue weighted by molar-refractivity contribution is -0.117. The lowest BCUT2D eigenvalue weighted by atomic mass is 10.2. The van der Waals surface area contributed by atoms with Crippen LogP contribution in [0.2, 0.25) is 0 Å². The highest BCUT2D eigenvalue weighted by molar-refractivity contribution is 7.89. The first-order chi connectivity index (χ1) is 13.1. The number of aromatic nitrogens is 1. The Balaban J connectivity index is 2.11. The van der Waals surface area contributed by atoms with Crippen molar-refractivity contribution in [3.05, 3.63) is 35.2 Å². The summed E-state index contributed by atoms with van der Waals surface area (Å²) in [6, 6.07) is 4.50. The van der Waals surface area contributed by atoms with Crippen molar-refractivity contribution in [1.29, 1.82) is 0 Å². The topological polar surface area (TPSA) is 105 Å². The predicted molar refractivity (Wildman–Crippen MR) is 105 cm³/mol. The molecule has 2 aromatic rings. The smallest absolute Gasteiger partial charge is 0.246 e. The zero-order chi connectivity index (χ0) is 21.1. The number of carbonyl (C=O) groups excluding carboxylic acids is 1. The number of likely N-dealkylation sites (N-methyl/N-ethyl adjacent to an activating group) is 1. The van der Waals surface area contributed by atoms with Gasteiger partial charge in [-0.3, -0.25) is 9.69 Å². The van der Waals surface area contributed by atoms with E-state index in [9.17, 15) is 13.2 Å². The van der Waals surface area contributed by atoms with Gasteiger partial charge in [-0.25, -0.2) is 12.7 Å². The maximum atomic E-state index is 12.5. The van der Waals surface area contributed by atoms with E-state index in [0.29, 0.717) is 12.2 Å². The van der Waals surface area contributed by atoms with Crippen LogP contribution in [0, 0.1) is 13.8 Å². The fraction of sp³-hybridized carbons (Fsp3) is 0.444. The highest BCUT2D eigenvalue weighted by atomic mass is 32.2. The molecule has 0 aliphatic carbocycles. The summed E-state index contributed by atoms with van der Waals surface area (Å²) in [5.41, 5.74) is 2.11. The number of methoxy groups -OCH3 is 1. The van der Waals surface area contributed by atoms with Crippen LogP contribution in [-0.2, 0) is 21.4 Å². The molecule has 1 amide bonds. The lowest BCUT2D eigenvalue weighted by Crippen LogP contribution is -2.30. The SMILES string of the molecule is COc1ccc(NC(=O)CN(C)Cc2c(C)noc2C)cc1S(=O)(=O)N(C)C. The van der Waals surface area contributed by atoms with Gasteiger partial charge in [-0.15, -0.1) is 0 Å². The average molecular weight is 410 g/mol. The number of rotatable bonds is 8. The van der Waals surface area contributed by atoms with Crippen molar-refractivity contribution >= 4 is 21.6 Å². The van der Waals surface area contributed by atoms with Crippen LogP contribution in [0.25, 0.3) is 0 Å². The third-order valence-electron chi connectivity index (χ3n) is 4.23. The van der Waals surface area contributed by atoms with Crippen molar-refractivity contribution in [2.24, 2.45) is 0 Å². The van der Waals surface area contributed by atoms with Gasteiger partial charge in [-0.05, 0) is 39.1 Å². The van der Waals surface area contributed by atoms with Gasteiger partial charge < -0.3 is 14.6 Å². The zero-order valence-corrected chi connectivity index (χ0v) is 17.8. The molecule has 0 unspecified atom stereocenters. The highest BCUT2D eigenvalue weighted by Crippen LogP contribution is 2.28. The fourth-order valence-electron chi connectivity index (χ4n) is 2.65. The predicted octanol–water partition coefficient (Wildman–Crippen LogP) is 1.62. The molecule has 1 heterocycles. The molecule has 1 N–H and O–H groups in total. The summed E-state index contributed by atoms with van der Waals surface area (Å²) in [5, 5.41) is 6.63. The van der Waals surface area contributed by atoms with E-state index >= 15 is 0 Å². The van der Waals surface area contributed by atoms with Gasteiger partial charge in [0, 0.05) is 31.9 Å². The van der Waals surface area contributed by atoms with E-state index in [1.54, 1.807) is 13.1 Å². The lowest BCUT2D eigenvalue weighted by Gasteiger charge is -2.18. The summed E-state index contributed by atoms with van der Waals surface area (Å²) in [7, 11) is 2.35. The molecule has 0 aliphatic heterocycles. The molecule has 1 aromatic carbocycles. The number of hydrogen-bond acceptors (Lipinski definition) is 7. The van der Waals surface area contributed by atoms with Gasteiger partial charge in [0.25, 0.3) is 0 Å². The van der Waals surface area contributed by atoms with Crippen molar-refractivity contribution in [3.8, 4) is 5.75 Å². The largest absolute Gasteiger partial charge is 0.495 e. The molecule has 0 saturated carbocycles. The van der Waals surface area contributed by atoms with Crippen LogP contribution in [-0.4, -0.2) is 63.5 Å². The minimum Gasteiger partial charge on any atom is -0.495 e. The Hall–Kier alpha value is -2.43. The Morgan fingerprint density at radius 1 is 1.25 bits per heavy atom. The maximum Gasteiger partial charge on any atom is 0.246 e. The van der Waals surface area contributed by atoms with Gasteiger partial charge >= 0.3 is 0 Å². The fourth-order valence-corrected chi connectivity index (χ4v) is 3.73. The van der Waals surface area contributed by atoms with E-state index in [4.69, 9.17) is 9.26 Å². The van der Waals surface area contributed by atoms with E-state index in [1.165, 1.54) is 33.3 Å². The number of anilines is 1. The van der Waals surface area contributed by atoms with E-state index in [2.05, 4.69) is 10.5 Å². The van der Waals surface area contributed by atoms with Crippen LogP contribution in [0.15, 0.2) is 27.6 Å². The highest BCUT2D eigenvalue weighted by Gasteiger charge is 2.23. The second-order valence-corrected chi connectivity index (χ2v) is 8.80. The number of aryl methyl sites for hydroxylation is 2. The molecular weight excluding hydrogens is 384 g/mol. The minimum atomic E-state index is -3.72. The first-order valence-corrected chi connectivity index (χ1v) is 10.0. The summed E-state index contributed by atoms with van der Waals surface area (Å²) in [4.78, 5) is 14.2. The Labute approximate surface area is 165 Å². The molecule has 9 nitrogen and oxygen atoms in total. The van der Waals surface area contributed by atoms with Crippen LogP contribution < -0.4 is 10.1 Å². The van der Waals surface area contributed by atoms with Crippen molar-refractivity contribution in [3.63, 3.8) is 0 Å². The van der Waals surface area contributed by atoms with Gasteiger partial charge in [-0.2, -0.15) is 0 Å². The number of nitrogens with zero attached hydrogens (tertiary/aromatic N) is 3. The molecule has 0 fully saturated rings. The van der Waals surface area contributed by atoms with E-state index < -0.39 is 10.0 Å². The normalized spacial score (nSPS) is 11.9. The van der Waals surface area contributed by atoms with Crippen LogP contribution in [0.4, 0.5) is 5.69 Å². The van der Waals surface area contributed by atoms with Crippen LogP contribution in [0.3, 0.4) is 0 Å². The van der Waals surface area contributed by atoms with Crippen LogP contribution in [0.5, 0.6) is 5.75 Å². The number of amides is 1. The number of hydrogen-bond donors (Lipinski definition) is 1. The van der Waals surface area contributed by atoms with Gasteiger partial charge in [0.05, 0.1) is 19.3 Å². The Morgan fingerprint density at radius 2 is 1.93 bits per heavy atom. The van der Waals surface area contributed by atoms with E-state index in [0.717, 1.165) is 21.3 Å². The summed E-state index contributed by atoms with van der Waals surface area (Å²) in [6.07, 6.45) is 0. The molecule has 0 radical (unpaired) electrons. The molecule has 28 heavy (non-hydrogen) atoms. The molecule has 2 rings (SSSR count). The minimum absolute atomic E-state index is 0.0122. The van der Waals surface area contributed by atoms with Gasteiger partial charge in [0.15, 0.2) is 0 Å². The maximum absolute atomic E-state index is 12.5. The number of benzene rings is 1. The molecule has 154 valence electrons. The third kappa shape index (κ3) is 4.89. The Bertz CT molecular complexity index is 933. The number of nitrogens with one attached hydrogen (secondary N) is 1. The molecule has 0 bridgehead atoms. The molecule has 1 aromatic heterocycles. The standard InChI is InChI=1S/C18H26N4O5S/c1-12-15(13(2)27-20-12)10-22(5)11-18(23)19-14-7-8-16(26-6)17(9-14)28(24,25)21(3)4/h7-9H,10-11H2,1-6H3,(H,19,23). The van der Waals surface area contributed by atoms with Crippen molar-refractivity contribution in [2.75, 3.05) is 40.1 Å².